The molecule has 1 aliphatic carbocycles. The zero-order valence-electron chi connectivity index (χ0n) is 17.6. The number of furan rings is 1. The van der Waals surface area contributed by atoms with Gasteiger partial charge < -0.3 is 14.6 Å². The lowest BCUT2D eigenvalue weighted by molar-refractivity contribution is -0.126. The first kappa shape index (κ1) is 19.9. The summed E-state index contributed by atoms with van der Waals surface area (Å²) in [6.45, 7) is 6.46. The van der Waals surface area contributed by atoms with E-state index in [0.29, 0.717) is 0 Å². The Kier molecular flexibility index (Phi) is 6.16. The maximum absolute atomic E-state index is 12.7. The second-order valence-corrected chi connectivity index (χ2v) is 8.78. The van der Waals surface area contributed by atoms with Crippen molar-refractivity contribution in [2.45, 2.75) is 64.8 Å². The molecule has 3 heterocycles. The molecule has 1 N–H and O–H groups in total. The molecule has 6 heteroatoms. The Morgan fingerprint density at radius 2 is 2.17 bits per heavy atom. The number of nitrogens with zero attached hydrogens (tertiary/aromatic N) is 3. The number of amides is 1. The molecule has 1 aliphatic heterocycles. The van der Waals surface area contributed by atoms with Gasteiger partial charge in [-0.3, -0.25) is 4.79 Å². The van der Waals surface area contributed by atoms with E-state index in [1.165, 1.54) is 12.8 Å². The minimum atomic E-state index is 0.0128. The molecule has 0 spiro atoms. The molecule has 0 aromatic carbocycles. The Hall–Kier alpha value is -2.37. The molecule has 29 heavy (non-hydrogen) atoms. The van der Waals surface area contributed by atoms with E-state index in [9.17, 15) is 4.79 Å². The first-order valence-electron chi connectivity index (χ1n) is 11.0. The molecular formula is C23H32N4O2. The summed E-state index contributed by atoms with van der Waals surface area (Å²) < 4.78 is 5.37. The molecule has 156 valence electrons. The van der Waals surface area contributed by atoms with Gasteiger partial charge in [-0.25, -0.2) is 9.97 Å². The van der Waals surface area contributed by atoms with Crippen LogP contribution in [0.3, 0.4) is 0 Å². The summed E-state index contributed by atoms with van der Waals surface area (Å²) in [6.07, 6.45) is 10.2. The highest BCUT2D eigenvalue weighted by molar-refractivity contribution is 5.79. The van der Waals surface area contributed by atoms with Crippen molar-refractivity contribution in [1.82, 2.24) is 15.3 Å². The van der Waals surface area contributed by atoms with Crippen molar-refractivity contribution in [3.63, 3.8) is 0 Å². The van der Waals surface area contributed by atoms with Crippen molar-refractivity contribution in [3.8, 4) is 0 Å². The van der Waals surface area contributed by atoms with Gasteiger partial charge in [0.05, 0.1) is 6.26 Å². The number of aromatic nitrogens is 2. The minimum absolute atomic E-state index is 0.0128. The third-order valence-corrected chi connectivity index (χ3v) is 6.37. The summed E-state index contributed by atoms with van der Waals surface area (Å²) in [5.41, 5.74) is 2.26. The van der Waals surface area contributed by atoms with E-state index >= 15 is 0 Å². The fraction of sp³-hybridized carbons (Fsp3) is 0.609. The number of fused-ring (bicyclic) bond motifs is 1. The molecule has 1 fully saturated rings. The maximum atomic E-state index is 12.7. The second-order valence-electron chi connectivity index (χ2n) is 8.78. The van der Waals surface area contributed by atoms with Crippen LogP contribution in [0.2, 0.25) is 0 Å². The van der Waals surface area contributed by atoms with Crippen molar-refractivity contribution in [2.24, 2.45) is 11.8 Å². The lowest BCUT2D eigenvalue weighted by Crippen LogP contribution is -2.40. The van der Waals surface area contributed by atoms with Crippen LogP contribution < -0.4 is 10.2 Å². The van der Waals surface area contributed by atoms with Gasteiger partial charge in [-0.05, 0) is 69.1 Å². The van der Waals surface area contributed by atoms with E-state index in [0.717, 1.165) is 74.1 Å². The summed E-state index contributed by atoms with van der Waals surface area (Å²) in [7, 11) is 0. The van der Waals surface area contributed by atoms with Gasteiger partial charge in [0.25, 0.3) is 0 Å². The molecule has 1 amide bonds. The van der Waals surface area contributed by atoms with E-state index in [-0.39, 0.29) is 17.9 Å². The van der Waals surface area contributed by atoms with Crippen LogP contribution in [0.1, 0.15) is 56.5 Å². The van der Waals surface area contributed by atoms with Crippen molar-refractivity contribution >= 4 is 11.9 Å². The summed E-state index contributed by atoms with van der Waals surface area (Å²) in [4.78, 5) is 24.5. The highest BCUT2D eigenvalue weighted by Crippen LogP contribution is 2.27. The quantitative estimate of drug-likeness (QED) is 0.809. The van der Waals surface area contributed by atoms with E-state index in [2.05, 4.69) is 29.0 Å². The first-order valence-corrected chi connectivity index (χ1v) is 11.0. The number of aryl methyl sites for hydroxylation is 2. The van der Waals surface area contributed by atoms with Crippen molar-refractivity contribution < 1.29 is 9.21 Å². The van der Waals surface area contributed by atoms with Crippen LogP contribution in [0.5, 0.6) is 0 Å². The number of carbonyl (C=O) groups excluding carboxylic acids is 1. The van der Waals surface area contributed by atoms with Gasteiger partial charge in [0.2, 0.25) is 11.9 Å². The molecule has 6 nitrogen and oxygen atoms in total. The molecule has 2 aliphatic rings. The fourth-order valence-electron chi connectivity index (χ4n) is 4.33. The van der Waals surface area contributed by atoms with Crippen LogP contribution in [0.4, 0.5) is 5.95 Å². The Morgan fingerprint density at radius 1 is 1.34 bits per heavy atom. The van der Waals surface area contributed by atoms with Crippen molar-refractivity contribution in [3.05, 3.63) is 41.6 Å². The van der Waals surface area contributed by atoms with Crippen LogP contribution >= 0.6 is 0 Å². The molecule has 0 bridgehead atoms. The Morgan fingerprint density at radius 3 is 2.93 bits per heavy atom. The predicted molar refractivity (Wildman–Crippen MR) is 113 cm³/mol. The maximum Gasteiger partial charge on any atom is 0.225 e. The Labute approximate surface area is 173 Å². The summed E-state index contributed by atoms with van der Waals surface area (Å²) in [6, 6.07) is 4.01. The van der Waals surface area contributed by atoms with Crippen molar-refractivity contribution in [2.75, 3.05) is 18.0 Å². The third-order valence-electron chi connectivity index (χ3n) is 6.37. The minimum Gasteiger partial charge on any atom is -0.469 e. The Bertz CT molecular complexity index is 812. The van der Waals surface area contributed by atoms with Crippen molar-refractivity contribution in [1.29, 1.82) is 0 Å². The normalized spacial score (nSPS) is 20.9. The molecule has 0 saturated carbocycles. The standard InChI is InChI=1S/C23H32N4O2/c1-16-9-11-27(12-10-16)23-24-15-19-14-18(6-8-21(19)26-23)22(28)25-17(2)5-7-20-4-3-13-29-20/h3-4,13,15-18H,5-12,14H2,1-2H3,(H,25,28). The number of hydrogen-bond donors (Lipinski definition) is 1. The topological polar surface area (TPSA) is 71.3 Å². The van der Waals surface area contributed by atoms with Crippen LogP contribution in [0.15, 0.2) is 29.0 Å². The smallest absolute Gasteiger partial charge is 0.225 e. The number of piperidine rings is 1. The van der Waals surface area contributed by atoms with E-state index in [4.69, 9.17) is 9.40 Å². The van der Waals surface area contributed by atoms with Gasteiger partial charge in [0.1, 0.15) is 5.76 Å². The number of carbonyl (C=O) groups is 1. The number of anilines is 1. The molecule has 1 saturated heterocycles. The average Bonchev–Trinajstić information content (AvgIpc) is 3.26. The van der Waals surface area contributed by atoms with E-state index in [1.54, 1.807) is 6.26 Å². The number of nitrogens with one attached hydrogen (secondary N) is 1. The van der Waals surface area contributed by atoms with Crippen LogP contribution in [0.25, 0.3) is 0 Å². The summed E-state index contributed by atoms with van der Waals surface area (Å²) in [5.74, 6) is 2.79. The highest BCUT2D eigenvalue weighted by atomic mass is 16.3. The zero-order valence-corrected chi connectivity index (χ0v) is 17.6. The summed E-state index contributed by atoms with van der Waals surface area (Å²) in [5, 5.41) is 3.18. The molecule has 0 radical (unpaired) electrons. The van der Waals surface area contributed by atoms with Gasteiger partial charge in [-0.2, -0.15) is 0 Å². The highest BCUT2D eigenvalue weighted by Gasteiger charge is 2.28. The van der Waals surface area contributed by atoms with Gasteiger partial charge >= 0.3 is 0 Å². The van der Waals surface area contributed by atoms with Crippen LogP contribution in [0, 0.1) is 11.8 Å². The van der Waals surface area contributed by atoms with Gasteiger partial charge in [-0.1, -0.05) is 6.92 Å². The SMILES string of the molecule is CC1CCN(c2ncc3c(n2)CCC(C(=O)NC(C)CCc2ccco2)C3)CC1. The second kappa shape index (κ2) is 8.97. The molecular weight excluding hydrogens is 364 g/mol. The molecule has 2 atom stereocenters. The lowest BCUT2D eigenvalue weighted by Gasteiger charge is -2.31. The average molecular weight is 397 g/mol. The zero-order chi connectivity index (χ0) is 20.2. The number of rotatable bonds is 6. The molecule has 4 rings (SSSR count). The molecule has 2 unspecified atom stereocenters. The van der Waals surface area contributed by atoms with Gasteiger partial charge in [-0.15, -0.1) is 0 Å². The van der Waals surface area contributed by atoms with Gasteiger partial charge in [0, 0.05) is 43.4 Å². The monoisotopic (exact) mass is 396 g/mol. The largest absolute Gasteiger partial charge is 0.469 e. The van der Waals surface area contributed by atoms with Gasteiger partial charge in [0.15, 0.2) is 0 Å². The first-order chi connectivity index (χ1) is 14.1. The number of hydrogen-bond acceptors (Lipinski definition) is 5. The fourth-order valence-corrected chi connectivity index (χ4v) is 4.33. The summed E-state index contributed by atoms with van der Waals surface area (Å²) >= 11 is 0. The molecule has 2 aromatic heterocycles. The van der Waals surface area contributed by atoms with Crippen LogP contribution in [-0.4, -0.2) is 35.0 Å². The van der Waals surface area contributed by atoms with Crippen LogP contribution in [-0.2, 0) is 24.1 Å². The van der Waals surface area contributed by atoms with E-state index in [1.807, 2.05) is 18.3 Å². The lowest BCUT2D eigenvalue weighted by atomic mass is 9.86. The third kappa shape index (κ3) is 4.98. The van der Waals surface area contributed by atoms with E-state index < -0.39 is 0 Å². The predicted octanol–water partition coefficient (Wildman–Crippen LogP) is 3.55. The Balaban J connectivity index is 1.30. The molecule has 2 aromatic rings.